The van der Waals surface area contributed by atoms with Gasteiger partial charge in [-0.2, -0.15) is 0 Å². The van der Waals surface area contributed by atoms with Crippen molar-refractivity contribution in [1.82, 2.24) is 14.4 Å². The number of carbonyl (C=O) groups is 2. The summed E-state index contributed by atoms with van der Waals surface area (Å²) in [6.45, 7) is 3.12. The lowest BCUT2D eigenvalue weighted by molar-refractivity contribution is -0.132. The van der Waals surface area contributed by atoms with Crippen molar-refractivity contribution in [2.75, 3.05) is 26.2 Å². The first-order valence-corrected chi connectivity index (χ1v) is 9.75. The number of rotatable bonds is 4. The summed E-state index contributed by atoms with van der Waals surface area (Å²) in [5.74, 6) is 0.233. The standard InChI is InChI=1S/C20H21N3O2S/c24-19(8-10-21-9-7-16-4-1-2-5-17(16)21)22-11-13-23(14-12-22)20(25)18-6-3-15-26-18/h1-7,9,15H,8,10-14H2. The number of benzene rings is 1. The van der Waals surface area contributed by atoms with Gasteiger partial charge in [0.1, 0.15) is 0 Å². The molecule has 0 radical (unpaired) electrons. The maximum Gasteiger partial charge on any atom is 0.264 e. The molecule has 0 spiro atoms. The molecule has 0 bridgehead atoms. The van der Waals surface area contributed by atoms with E-state index in [1.165, 1.54) is 16.7 Å². The second kappa shape index (κ2) is 7.33. The number of nitrogens with zero attached hydrogens (tertiary/aromatic N) is 3. The highest BCUT2D eigenvalue weighted by atomic mass is 32.1. The fraction of sp³-hybridized carbons (Fsp3) is 0.300. The van der Waals surface area contributed by atoms with Crippen molar-refractivity contribution in [2.45, 2.75) is 13.0 Å². The van der Waals surface area contributed by atoms with Crippen molar-refractivity contribution in [2.24, 2.45) is 0 Å². The largest absolute Gasteiger partial charge is 0.347 e. The lowest BCUT2D eigenvalue weighted by Crippen LogP contribution is -2.50. The number of thiophene rings is 1. The van der Waals surface area contributed by atoms with Gasteiger partial charge in [-0.25, -0.2) is 0 Å². The molecule has 6 heteroatoms. The van der Waals surface area contributed by atoms with E-state index >= 15 is 0 Å². The zero-order valence-electron chi connectivity index (χ0n) is 14.5. The first kappa shape index (κ1) is 16.8. The predicted molar refractivity (Wildman–Crippen MR) is 103 cm³/mol. The number of para-hydroxylation sites is 1. The van der Waals surface area contributed by atoms with Gasteiger partial charge < -0.3 is 14.4 Å². The van der Waals surface area contributed by atoms with Crippen LogP contribution in [-0.2, 0) is 11.3 Å². The SMILES string of the molecule is O=C(CCn1ccc2ccccc21)N1CCN(C(=O)c2cccs2)CC1. The molecular weight excluding hydrogens is 346 g/mol. The average Bonchev–Trinajstić information content (AvgIpc) is 3.36. The van der Waals surface area contributed by atoms with Gasteiger partial charge in [0.25, 0.3) is 5.91 Å². The number of carbonyl (C=O) groups excluding carboxylic acids is 2. The number of aromatic nitrogens is 1. The number of amides is 2. The highest BCUT2D eigenvalue weighted by molar-refractivity contribution is 7.12. The van der Waals surface area contributed by atoms with E-state index in [0.29, 0.717) is 39.1 Å². The van der Waals surface area contributed by atoms with Gasteiger partial charge in [0.05, 0.1) is 4.88 Å². The molecule has 0 atom stereocenters. The number of hydrogen-bond donors (Lipinski definition) is 0. The van der Waals surface area contributed by atoms with Crippen LogP contribution >= 0.6 is 11.3 Å². The van der Waals surface area contributed by atoms with Crippen LogP contribution in [0.4, 0.5) is 0 Å². The lowest BCUT2D eigenvalue weighted by atomic mass is 10.2. The number of fused-ring (bicyclic) bond motifs is 1. The lowest BCUT2D eigenvalue weighted by Gasteiger charge is -2.34. The maximum absolute atomic E-state index is 12.5. The number of hydrogen-bond acceptors (Lipinski definition) is 3. The Morgan fingerprint density at radius 3 is 2.46 bits per heavy atom. The molecule has 2 aromatic heterocycles. The van der Waals surface area contributed by atoms with E-state index in [-0.39, 0.29) is 11.8 Å². The van der Waals surface area contributed by atoms with Crippen LogP contribution in [0.15, 0.2) is 54.0 Å². The Bertz CT molecular complexity index is 908. The first-order valence-electron chi connectivity index (χ1n) is 8.87. The van der Waals surface area contributed by atoms with E-state index in [2.05, 4.69) is 22.8 Å². The van der Waals surface area contributed by atoms with E-state index in [1.807, 2.05) is 45.6 Å². The first-order chi connectivity index (χ1) is 12.7. The Balaban J connectivity index is 1.30. The molecule has 0 aliphatic carbocycles. The Labute approximate surface area is 156 Å². The third-order valence-electron chi connectivity index (χ3n) is 4.90. The summed E-state index contributed by atoms with van der Waals surface area (Å²) >= 11 is 1.46. The third-order valence-corrected chi connectivity index (χ3v) is 5.76. The summed E-state index contributed by atoms with van der Waals surface area (Å²) in [5.41, 5.74) is 1.16. The smallest absolute Gasteiger partial charge is 0.264 e. The summed E-state index contributed by atoms with van der Waals surface area (Å²) in [4.78, 5) is 29.4. The normalized spacial score (nSPS) is 14.8. The summed E-state index contributed by atoms with van der Waals surface area (Å²) < 4.78 is 2.13. The van der Waals surface area contributed by atoms with Gasteiger partial charge >= 0.3 is 0 Å². The van der Waals surface area contributed by atoms with Crippen LogP contribution in [0.3, 0.4) is 0 Å². The van der Waals surface area contributed by atoms with Crippen molar-refractivity contribution in [3.8, 4) is 0 Å². The highest BCUT2D eigenvalue weighted by Crippen LogP contribution is 2.17. The van der Waals surface area contributed by atoms with Gasteiger partial charge in [-0.1, -0.05) is 24.3 Å². The summed E-state index contributed by atoms with van der Waals surface area (Å²) in [6.07, 6.45) is 2.52. The van der Waals surface area contributed by atoms with Crippen LogP contribution in [0.25, 0.3) is 10.9 Å². The van der Waals surface area contributed by atoms with Gasteiger partial charge in [0.15, 0.2) is 0 Å². The molecule has 1 fully saturated rings. The van der Waals surface area contributed by atoms with E-state index in [4.69, 9.17) is 0 Å². The Kier molecular flexibility index (Phi) is 4.75. The fourth-order valence-electron chi connectivity index (χ4n) is 3.42. The van der Waals surface area contributed by atoms with E-state index < -0.39 is 0 Å². The molecule has 1 aliphatic heterocycles. The summed E-state index contributed by atoms with van der Waals surface area (Å²) in [7, 11) is 0. The molecule has 1 aliphatic rings. The van der Waals surface area contributed by atoms with Gasteiger partial charge in [-0.3, -0.25) is 9.59 Å². The topological polar surface area (TPSA) is 45.6 Å². The molecule has 1 aromatic carbocycles. The van der Waals surface area contributed by atoms with Crippen molar-refractivity contribution >= 4 is 34.1 Å². The Hall–Kier alpha value is -2.60. The molecule has 5 nitrogen and oxygen atoms in total. The molecule has 4 rings (SSSR count). The molecule has 1 saturated heterocycles. The number of piperazine rings is 1. The van der Waals surface area contributed by atoms with Gasteiger partial charge in [0, 0.05) is 50.9 Å². The van der Waals surface area contributed by atoms with Crippen LogP contribution in [0.5, 0.6) is 0 Å². The van der Waals surface area contributed by atoms with E-state index in [1.54, 1.807) is 0 Å². The minimum absolute atomic E-state index is 0.0749. The highest BCUT2D eigenvalue weighted by Gasteiger charge is 2.25. The van der Waals surface area contributed by atoms with Gasteiger partial charge in [-0.15, -0.1) is 11.3 Å². The molecule has 0 saturated carbocycles. The zero-order chi connectivity index (χ0) is 17.9. The molecule has 26 heavy (non-hydrogen) atoms. The molecule has 2 amide bonds. The fourth-order valence-corrected chi connectivity index (χ4v) is 4.12. The average molecular weight is 367 g/mol. The quantitative estimate of drug-likeness (QED) is 0.711. The van der Waals surface area contributed by atoms with Crippen molar-refractivity contribution < 1.29 is 9.59 Å². The van der Waals surface area contributed by atoms with Crippen molar-refractivity contribution in [1.29, 1.82) is 0 Å². The molecular formula is C20H21N3O2S. The molecule has 0 unspecified atom stereocenters. The van der Waals surface area contributed by atoms with Crippen LogP contribution < -0.4 is 0 Å². The maximum atomic E-state index is 12.5. The zero-order valence-corrected chi connectivity index (χ0v) is 15.3. The van der Waals surface area contributed by atoms with Gasteiger partial charge in [0.2, 0.25) is 5.91 Å². The van der Waals surface area contributed by atoms with E-state index in [9.17, 15) is 9.59 Å². The van der Waals surface area contributed by atoms with E-state index in [0.717, 1.165) is 10.4 Å². The predicted octanol–water partition coefficient (Wildman–Crippen LogP) is 3.08. The van der Waals surface area contributed by atoms with Crippen molar-refractivity contribution in [3.63, 3.8) is 0 Å². The Morgan fingerprint density at radius 2 is 1.69 bits per heavy atom. The van der Waals surface area contributed by atoms with Crippen LogP contribution in [0.2, 0.25) is 0 Å². The van der Waals surface area contributed by atoms with Crippen LogP contribution in [0.1, 0.15) is 16.1 Å². The van der Waals surface area contributed by atoms with Gasteiger partial charge in [-0.05, 0) is 29.0 Å². The minimum atomic E-state index is 0.0749. The number of aryl methyl sites for hydroxylation is 1. The summed E-state index contributed by atoms with van der Waals surface area (Å²) in [6, 6.07) is 14.0. The third kappa shape index (κ3) is 3.37. The second-order valence-corrected chi connectivity index (χ2v) is 7.42. The molecule has 134 valence electrons. The summed E-state index contributed by atoms with van der Waals surface area (Å²) in [5, 5.41) is 3.11. The van der Waals surface area contributed by atoms with Crippen LogP contribution in [0, 0.1) is 0 Å². The monoisotopic (exact) mass is 367 g/mol. The van der Waals surface area contributed by atoms with Crippen molar-refractivity contribution in [3.05, 3.63) is 58.9 Å². The molecule has 3 aromatic rings. The molecule has 0 N–H and O–H groups in total. The second-order valence-electron chi connectivity index (χ2n) is 6.47. The molecule has 3 heterocycles. The minimum Gasteiger partial charge on any atom is -0.347 e. The Morgan fingerprint density at radius 1 is 0.923 bits per heavy atom. The van der Waals surface area contributed by atoms with Crippen LogP contribution in [-0.4, -0.2) is 52.4 Å².